The molecule has 0 unspecified atom stereocenters. The molecule has 1 aliphatic rings. The molecule has 0 radical (unpaired) electrons. The van der Waals surface area contributed by atoms with Gasteiger partial charge < -0.3 is 0 Å². The van der Waals surface area contributed by atoms with Crippen LogP contribution in [0.4, 0.5) is 0 Å². The molecular formula is C57H38. The molecule has 0 saturated heterocycles. The SMILES string of the molecule is CC1(C)c2cc(-c3ccc(-c4cc5ccc6ccccc6c5c5ccccc45)c4ccccc34)ccc2-c2ccc(-c3cc4ccccc4c4ccccc34)cc21. The fraction of sp³-hybridized carbons (Fsp3) is 0.0526. The Morgan fingerprint density at radius 3 is 1.39 bits per heavy atom. The van der Waals surface area contributed by atoms with Crippen molar-refractivity contribution in [3.05, 3.63) is 205 Å². The molecule has 266 valence electrons. The molecule has 0 fully saturated rings. The van der Waals surface area contributed by atoms with E-state index in [2.05, 4.69) is 208 Å². The second-order valence-electron chi connectivity index (χ2n) is 16.4. The Balaban J connectivity index is 0.990. The van der Waals surface area contributed by atoms with Gasteiger partial charge in [0.25, 0.3) is 0 Å². The van der Waals surface area contributed by atoms with Crippen molar-refractivity contribution in [1.82, 2.24) is 0 Å². The van der Waals surface area contributed by atoms with Gasteiger partial charge >= 0.3 is 0 Å². The second-order valence-corrected chi connectivity index (χ2v) is 16.4. The van der Waals surface area contributed by atoms with Crippen molar-refractivity contribution in [2.75, 3.05) is 0 Å². The summed E-state index contributed by atoms with van der Waals surface area (Å²) in [5.41, 5.74) is 12.9. The number of fused-ring (bicyclic) bond motifs is 12. The monoisotopic (exact) mass is 722 g/mol. The third-order valence-electron chi connectivity index (χ3n) is 13.0. The fourth-order valence-electron chi connectivity index (χ4n) is 10.3. The van der Waals surface area contributed by atoms with Crippen LogP contribution >= 0.6 is 0 Å². The summed E-state index contributed by atoms with van der Waals surface area (Å²) < 4.78 is 0. The Kier molecular flexibility index (Phi) is 6.78. The van der Waals surface area contributed by atoms with Crippen molar-refractivity contribution in [3.8, 4) is 44.5 Å². The lowest BCUT2D eigenvalue weighted by molar-refractivity contribution is 0.661. The average Bonchev–Trinajstić information content (AvgIpc) is 3.49. The topological polar surface area (TPSA) is 0 Å². The number of benzene rings is 11. The van der Waals surface area contributed by atoms with E-state index in [-0.39, 0.29) is 5.41 Å². The van der Waals surface area contributed by atoms with Gasteiger partial charge in [0, 0.05) is 5.41 Å². The van der Waals surface area contributed by atoms with Gasteiger partial charge in [-0.15, -0.1) is 0 Å². The minimum atomic E-state index is -0.159. The van der Waals surface area contributed by atoms with E-state index in [9.17, 15) is 0 Å². The highest BCUT2D eigenvalue weighted by Crippen LogP contribution is 2.52. The molecule has 0 aliphatic heterocycles. The Bertz CT molecular complexity index is 3490. The van der Waals surface area contributed by atoms with Gasteiger partial charge in [0.15, 0.2) is 0 Å². The van der Waals surface area contributed by atoms with Gasteiger partial charge in [-0.2, -0.15) is 0 Å². The minimum Gasteiger partial charge on any atom is -0.0616 e. The second kappa shape index (κ2) is 12.0. The Hall–Kier alpha value is -7.02. The summed E-state index contributed by atoms with van der Waals surface area (Å²) in [5.74, 6) is 0. The highest BCUT2D eigenvalue weighted by atomic mass is 14.4. The Labute approximate surface area is 332 Å². The van der Waals surface area contributed by atoms with Crippen molar-refractivity contribution in [2.24, 2.45) is 0 Å². The van der Waals surface area contributed by atoms with Gasteiger partial charge in [-0.05, 0) is 145 Å². The highest BCUT2D eigenvalue weighted by molar-refractivity contribution is 6.24. The smallest absolute Gasteiger partial charge is 0.0159 e. The standard InChI is InChI=1S/C57H38/c1-57(2)54-33-37(25-27-49(54)50-28-26-38(34-55(50)57)52-31-36-14-4-5-15-40(36)43-17-8-10-20-46(43)52)41-29-30-48(45-19-9-7-18-44(41)45)53-32-39-24-23-35-13-3-6-16-42(35)56(39)51-22-12-11-21-47(51)53/h3-34H,1-2H3. The molecule has 0 heteroatoms. The Morgan fingerprint density at radius 2 is 0.702 bits per heavy atom. The lowest BCUT2D eigenvalue weighted by atomic mass is 9.80. The molecule has 11 aromatic carbocycles. The summed E-state index contributed by atoms with van der Waals surface area (Å²) >= 11 is 0. The molecule has 0 spiro atoms. The summed E-state index contributed by atoms with van der Waals surface area (Å²) in [6.45, 7) is 4.80. The predicted molar refractivity (Wildman–Crippen MR) is 245 cm³/mol. The fourth-order valence-corrected chi connectivity index (χ4v) is 10.3. The van der Waals surface area contributed by atoms with E-state index < -0.39 is 0 Å². The third-order valence-corrected chi connectivity index (χ3v) is 13.0. The zero-order valence-corrected chi connectivity index (χ0v) is 32.0. The number of hydrogen-bond donors (Lipinski definition) is 0. The molecule has 1 aliphatic carbocycles. The van der Waals surface area contributed by atoms with Crippen LogP contribution in [0.1, 0.15) is 25.0 Å². The molecule has 0 atom stereocenters. The van der Waals surface area contributed by atoms with E-state index in [0.29, 0.717) is 0 Å². The van der Waals surface area contributed by atoms with Gasteiger partial charge in [-0.1, -0.05) is 184 Å². The zero-order chi connectivity index (χ0) is 37.8. The van der Waals surface area contributed by atoms with Crippen molar-refractivity contribution in [1.29, 1.82) is 0 Å². The summed E-state index contributed by atoms with van der Waals surface area (Å²) in [4.78, 5) is 0. The van der Waals surface area contributed by atoms with Crippen molar-refractivity contribution in [3.63, 3.8) is 0 Å². The van der Waals surface area contributed by atoms with Gasteiger partial charge in [0.05, 0.1) is 0 Å². The first-order chi connectivity index (χ1) is 28.0. The average molecular weight is 723 g/mol. The van der Waals surface area contributed by atoms with Gasteiger partial charge in [0.1, 0.15) is 0 Å². The third kappa shape index (κ3) is 4.68. The number of rotatable bonds is 3. The summed E-state index contributed by atoms with van der Waals surface area (Å²) in [5, 5.41) is 15.5. The van der Waals surface area contributed by atoms with Crippen LogP contribution in [0.25, 0.3) is 109 Å². The van der Waals surface area contributed by atoms with Gasteiger partial charge in [0.2, 0.25) is 0 Å². The normalized spacial score (nSPS) is 13.2. The summed E-state index contributed by atoms with van der Waals surface area (Å²) in [6.07, 6.45) is 0. The zero-order valence-electron chi connectivity index (χ0n) is 32.0. The molecule has 0 heterocycles. The van der Waals surface area contributed by atoms with Gasteiger partial charge in [-0.25, -0.2) is 0 Å². The summed E-state index contributed by atoms with van der Waals surface area (Å²) in [6, 6.07) is 72.7. The molecule has 57 heavy (non-hydrogen) atoms. The van der Waals surface area contributed by atoms with E-state index in [4.69, 9.17) is 0 Å². The minimum absolute atomic E-state index is 0.159. The van der Waals surface area contributed by atoms with E-state index in [1.807, 2.05) is 0 Å². The van der Waals surface area contributed by atoms with Crippen molar-refractivity contribution >= 4 is 64.6 Å². The highest BCUT2D eigenvalue weighted by Gasteiger charge is 2.36. The molecule has 0 amide bonds. The van der Waals surface area contributed by atoms with E-state index >= 15 is 0 Å². The first kappa shape index (κ1) is 32.2. The quantitative estimate of drug-likeness (QED) is 0.159. The van der Waals surface area contributed by atoms with E-state index in [0.717, 1.165) is 0 Å². The molecule has 12 rings (SSSR count). The lowest BCUT2D eigenvalue weighted by Gasteiger charge is -2.23. The number of hydrogen-bond acceptors (Lipinski definition) is 0. The van der Waals surface area contributed by atoms with Crippen LogP contribution < -0.4 is 0 Å². The van der Waals surface area contributed by atoms with Crippen LogP contribution in [0.5, 0.6) is 0 Å². The first-order valence-corrected chi connectivity index (χ1v) is 20.1. The molecule has 0 nitrogen and oxygen atoms in total. The van der Waals surface area contributed by atoms with Crippen LogP contribution in [-0.4, -0.2) is 0 Å². The van der Waals surface area contributed by atoms with Crippen LogP contribution in [0, 0.1) is 0 Å². The first-order valence-electron chi connectivity index (χ1n) is 20.1. The van der Waals surface area contributed by atoms with E-state index in [1.54, 1.807) is 0 Å². The maximum Gasteiger partial charge on any atom is 0.0159 e. The van der Waals surface area contributed by atoms with E-state index in [1.165, 1.54) is 120 Å². The van der Waals surface area contributed by atoms with Crippen molar-refractivity contribution < 1.29 is 0 Å². The largest absolute Gasteiger partial charge is 0.0616 e. The predicted octanol–water partition coefficient (Wildman–Crippen LogP) is 15.9. The van der Waals surface area contributed by atoms with Crippen LogP contribution in [0.15, 0.2) is 194 Å². The molecule has 0 aromatic heterocycles. The lowest BCUT2D eigenvalue weighted by Crippen LogP contribution is -2.15. The van der Waals surface area contributed by atoms with Crippen molar-refractivity contribution in [2.45, 2.75) is 19.3 Å². The van der Waals surface area contributed by atoms with Crippen LogP contribution in [-0.2, 0) is 5.41 Å². The molecule has 0 saturated carbocycles. The van der Waals surface area contributed by atoms with Crippen LogP contribution in [0.3, 0.4) is 0 Å². The Morgan fingerprint density at radius 1 is 0.263 bits per heavy atom. The van der Waals surface area contributed by atoms with Crippen LogP contribution in [0.2, 0.25) is 0 Å². The maximum atomic E-state index is 2.47. The van der Waals surface area contributed by atoms with Gasteiger partial charge in [-0.3, -0.25) is 0 Å². The molecule has 0 N–H and O–H groups in total. The summed E-state index contributed by atoms with van der Waals surface area (Å²) in [7, 11) is 0. The maximum absolute atomic E-state index is 2.47. The molecule has 0 bridgehead atoms. The molecule has 11 aromatic rings. The molecular weight excluding hydrogens is 685 g/mol.